The van der Waals surface area contributed by atoms with E-state index in [-0.39, 0.29) is 11.9 Å². The Labute approximate surface area is 136 Å². The highest BCUT2D eigenvalue weighted by molar-refractivity contribution is 5.99. The smallest absolute Gasteiger partial charge is 0.255 e. The molecule has 0 radical (unpaired) electrons. The molecule has 1 saturated carbocycles. The van der Waals surface area contributed by atoms with Crippen molar-refractivity contribution in [1.29, 1.82) is 0 Å². The van der Waals surface area contributed by atoms with Gasteiger partial charge in [-0.2, -0.15) is 0 Å². The van der Waals surface area contributed by atoms with Crippen LogP contribution < -0.4 is 15.4 Å². The van der Waals surface area contributed by atoms with Crippen molar-refractivity contribution in [3.8, 4) is 5.75 Å². The van der Waals surface area contributed by atoms with E-state index in [4.69, 9.17) is 4.74 Å². The van der Waals surface area contributed by atoms with Crippen molar-refractivity contribution in [2.45, 2.75) is 31.7 Å². The number of anilines is 2. The number of benzene rings is 1. The van der Waals surface area contributed by atoms with Gasteiger partial charge in [0.2, 0.25) is 0 Å². The second-order valence-electron chi connectivity index (χ2n) is 5.68. The Morgan fingerprint density at radius 2 is 1.96 bits per heavy atom. The first kappa shape index (κ1) is 15.3. The molecule has 0 bridgehead atoms. The summed E-state index contributed by atoms with van der Waals surface area (Å²) in [7, 11) is 1.62. The van der Waals surface area contributed by atoms with Crippen LogP contribution in [0.4, 0.5) is 11.5 Å². The normalized spacial score (nSPS) is 14.5. The van der Waals surface area contributed by atoms with Crippen molar-refractivity contribution in [2.75, 3.05) is 12.4 Å². The molecule has 2 N–H and O–H groups in total. The number of ether oxygens (including phenoxy) is 1. The number of rotatable bonds is 5. The molecule has 0 saturated heterocycles. The molecule has 1 aliphatic carbocycles. The molecule has 5 nitrogen and oxygen atoms in total. The van der Waals surface area contributed by atoms with Gasteiger partial charge < -0.3 is 15.4 Å². The fourth-order valence-corrected chi connectivity index (χ4v) is 2.90. The van der Waals surface area contributed by atoms with Crippen LogP contribution >= 0.6 is 0 Å². The Morgan fingerprint density at radius 3 is 2.74 bits per heavy atom. The molecule has 0 atom stereocenters. The fourth-order valence-electron chi connectivity index (χ4n) is 2.90. The Hall–Kier alpha value is -2.56. The van der Waals surface area contributed by atoms with E-state index in [2.05, 4.69) is 15.6 Å². The molecule has 2 aromatic rings. The third kappa shape index (κ3) is 3.62. The molecule has 0 spiro atoms. The van der Waals surface area contributed by atoms with Gasteiger partial charge in [-0.25, -0.2) is 4.98 Å². The predicted octanol–water partition coefficient (Wildman–Crippen LogP) is 3.51. The molecule has 23 heavy (non-hydrogen) atoms. The lowest BCUT2D eigenvalue weighted by atomic mass is 10.2. The summed E-state index contributed by atoms with van der Waals surface area (Å²) in [5.74, 6) is 1.16. The van der Waals surface area contributed by atoms with E-state index < -0.39 is 0 Å². The fraction of sp³-hybridized carbons (Fsp3) is 0.333. The Morgan fingerprint density at radius 1 is 1.17 bits per heavy atom. The van der Waals surface area contributed by atoms with Gasteiger partial charge in [-0.05, 0) is 37.1 Å². The van der Waals surface area contributed by atoms with Gasteiger partial charge in [-0.3, -0.25) is 4.79 Å². The van der Waals surface area contributed by atoms with Crippen LogP contribution in [0.5, 0.6) is 5.75 Å². The van der Waals surface area contributed by atoms with Crippen LogP contribution in [0.3, 0.4) is 0 Å². The maximum Gasteiger partial charge on any atom is 0.255 e. The van der Waals surface area contributed by atoms with E-state index in [1.165, 1.54) is 12.8 Å². The van der Waals surface area contributed by atoms with Gasteiger partial charge in [-0.1, -0.05) is 25.0 Å². The molecular formula is C18H21N3O2. The second kappa shape index (κ2) is 7.13. The highest BCUT2D eigenvalue weighted by atomic mass is 16.5. The first-order valence-electron chi connectivity index (χ1n) is 7.94. The first-order valence-corrected chi connectivity index (χ1v) is 7.94. The molecule has 1 amide bonds. The van der Waals surface area contributed by atoms with Crippen LogP contribution in [0.2, 0.25) is 0 Å². The van der Waals surface area contributed by atoms with Crippen LogP contribution in [-0.2, 0) is 0 Å². The molecule has 3 rings (SSSR count). The van der Waals surface area contributed by atoms with E-state index in [9.17, 15) is 4.79 Å². The maximum absolute atomic E-state index is 12.5. The summed E-state index contributed by atoms with van der Waals surface area (Å²) in [4.78, 5) is 16.9. The number of hydrogen-bond donors (Lipinski definition) is 2. The third-order valence-corrected chi connectivity index (χ3v) is 4.10. The molecule has 1 aromatic heterocycles. The van der Waals surface area contributed by atoms with E-state index in [0.717, 1.165) is 18.5 Å². The molecule has 0 unspecified atom stereocenters. The molecule has 120 valence electrons. The minimum atomic E-state index is -0.0811. The molecule has 1 aliphatic rings. The lowest BCUT2D eigenvalue weighted by Crippen LogP contribution is -2.33. The number of aromatic nitrogens is 1. The quantitative estimate of drug-likeness (QED) is 0.887. The zero-order valence-electron chi connectivity index (χ0n) is 13.2. The minimum absolute atomic E-state index is 0.0811. The molecule has 1 aromatic carbocycles. The number of carbonyl (C=O) groups is 1. The van der Waals surface area contributed by atoms with Gasteiger partial charge in [0, 0.05) is 12.2 Å². The Bertz CT molecular complexity index is 681. The van der Waals surface area contributed by atoms with Crippen molar-refractivity contribution < 1.29 is 9.53 Å². The molecule has 5 heteroatoms. The molecule has 1 fully saturated rings. The number of nitrogens with one attached hydrogen (secondary N) is 2. The van der Waals surface area contributed by atoms with Crippen LogP contribution in [0.15, 0.2) is 42.6 Å². The summed E-state index contributed by atoms with van der Waals surface area (Å²) in [6.45, 7) is 0. The van der Waals surface area contributed by atoms with Crippen LogP contribution in [-0.4, -0.2) is 24.0 Å². The average Bonchev–Trinajstić information content (AvgIpc) is 3.09. The number of para-hydroxylation sites is 2. The summed E-state index contributed by atoms with van der Waals surface area (Å²) in [5.41, 5.74) is 1.33. The zero-order chi connectivity index (χ0) is 16.1. The van der Waals surface area contributed by atoms with Gasteiger partial charge in [-0.15, -0.1) is 0 Å². The third-order valence-electron chi connectivity index (χ3n) is 4.10. The Balaban J connectivity index is 1.81. The number of amides is 1. The largest absolute Gasteiger partial charge is 0.495 e. The lowest BCUT2D eigenvalue weighted by molar-refractivity contribution is 0.0938. The van der Waals surface area contributed by atoms with Gasteiger partial charge in [0.15, 0.2) is 0 Å². The summed E-state index contributed by atoms with van der Waals surface area (Å²) < 4.78 is 5.33. The first-order chi connectivity index (χ1) is 11.3. The number of methoxy groups -OCH3 is 1. The highest BCUT2D eigenvalue weighted by Crippen LogP contribution is 2.27. The minimum Gasteiger partial charge on any atom is -0.495 e. The summed E-state index contributed by atoms with van der Waals surface area (Å²) in [6.07, 6.45) is 6.15. The Kier molecular flexibility index (Phi) is 4.76. The van der Waals surface area contributed by atoms with Crippen LogP contribution in [0, 0.1) is 0 Å². The summed E-state index contributed by atoms with van der Waals surface area (Å²) >= 11 is 0. The standard InChI is InChI=1S/C18H21N3O2/c1-23-16-11-5-4-10-15(16)21-17-14(9-6-12-19-17)18(22)20-13-7-2-3-8-13/h4-6,9-13H,2-3,7-8H2,1H3,(H,19,21)(H,20,22). The van der Waals surface area contributed by atoms with Crippen LogP contribution in [0.25, 0.3) is 0 Å². The molecule has 0 aliphatic heterocycles. The average molecular weight is 311 g/mol. The molecule has 1 heterocycles. The van der Waals surface area contributed by atoms with Gasteiger partial charge in [0.25, 0.3) is 5.91 Å². The van der Waals surface area contributed by atoms with Crippen molar-refractivity contribution in [2.24, 2.45) is 0 Å². The van der Waals surface area contributed by atoms with Crippen molar-refractivity contribution >= 4 is 17.4 Å². The second-order valence-corrected chi connectivity index (χ2v) is 5.68. The maximum atomic E-state index is 12.5. The zero-order valence-corrected chi connectivity index (χ0v) is 13.2. The topological polar surface area (TPSA) is 63.2 Å². The van der Waals surface area contributed by atoms with Gasteiger partial charge in [0.1, 0.15) is 11.6 Å². The van der Waals surface area contributed by atoms with Gasteiger partial charge >= 0.3 is 0 Å². The van der Waals surface area contributed by atoms with E-state index in [1.54, 1.807) is 25.4 Å². The molecular weight excluding hydrogens is 290 g/mol. The predicted molar refractivity (Wildman–Crippen MR) is 90.2 cm³/mol. The highest BCUT2D eigenvalue weighted by Gasteiger charge is 2.20. The van der Waals surface area contributed by atoms with Crippen molar-refractivity contribution in [1.82, 2.24) is 10.3 Å². The number of carbonyl (C=O) groups excluding carboxylic acids is 1. The van der Waals surface area contributed by atoms with Crippen molar-refractivity contribution in [3.05, 3.63) is 48.2 Å². The van der Waals surface area contributed by atoms with Crippen LogP contribution in [0.1, 0.15) is 36.0 Å². The van der Waals surface area contributed by atoms with E-state index >= 15 is 0 Å². The lowest BCUT2D eigenvalue weighted by Gasteiger charge is -2.15. The number of nitrogens with zero attached hydrogens (tertiary/aromatic N) is 1. The summed E-state index contributed by atoms with van der Waals surface area (Å²) in [6, 6.07) is 11.4. The van der Waals surface area contributed by atoms with Gasteiger partial charge in [0.05, 0.1) is 18.4 Å². The van der Waals surface area contributed by atoms with Crippen molar-refractivity contribution in [3.63, 3.8) is 0 Å². The van der Waals surface area contributed by atoms with E-state index in [1.807, 2.05) is 24.3 Å². The monoisotopic (exact) mass is 311 g/mol. The van der Waals surface area contributed by atoms with E-state index in [0.29, 0.717) is 17.1 Å². The number of hydrogen-bond acceptors (Lipinski definition) is 4. The number of pyridine rings is 1. The summed E-state index contributed by atoms with van der Waals surface area (Å²) in [5, 5.41) is 6.30. The SMILES string of the molecule is COc1ccccc1Nc1ncccc1C(=O)NC1CCCC1.